The van der Waals surface area contributed by atoms with E-state index in [0.29, 0.717) is 5.92 Å². The molecule has 1 unspecified atom stereocenters. The van der Waals surface area contributed by atoms with Crippen LogP contribution < -0.4 is 5.32 Å². The van der Waals surface area contributed by atoms with Gasteiger partial charge in [-0.3, -0.25) is 0 Å². The monoisotopic (exact) mass is 210 g/mol. The van der Waals surface area contributed by atoms with Gasteiger partial charge in [0.25, 0.3) is 0 Å². The summed E-state index contributed by atoms with van der Waals surface area (Å²) in [6.45, 7) is 6.77. The molecule has 0 amide bonds. The zero-order chi connectivity index (χ0) is 9.97. The molecule has 0 spiro atoms. The third kappa shape index (κ3) is 2.34. The zero-order valence-electron chi connectivity index (χ0n) is 8.92. The van der Waals surface area contributed by atoms with Gasteiger partial charge >= 0.3 is 0 Å². The van der Waals surface area contributed by atoms with Gasteiger partial charge in [0.2, 0.25) is 0 Å². The highest BCUT2D eigenvalue weighted by Gasteiger charge is 2.16. The minimum Gasteiger partial charge on any atom is -0.316 e. The van der Waals surface area contributed by atoms with Crippen LogP contribution in [0.15, 0.2) is 5.38 Å². The lowest BCUT2D eigenvalue weighted by atomic mass is 10.1. The van der Waals surface area contributed by atoms with Crippen LogP contribution in [0.5, 0.6) is 0 Å². The number of aromatic nitrogens is 1. The van der Waals surface area contributed by atoms with Crippen molar-refractivity contribution in [2.75, 3.05) is 13.1 Å². The molecule has 2 heterocycles. The van der Waals surface area contributed by atoms with Crippen LogP contribution in [0.4, 0.5) is 0 Å². The van der Waals surface area contributed by atoms with E-state index in [-0.39, 0.29) is 0 Å². The SMILES string of the molecule is CC(C)c1csc(CC2CCNC2)n1. The topological polar surface area (TPSA) is 24.9 Å². The average Bonchev–Trinajstić information content (AvgIpc) is 2.75. The molecule has 1 saturated heterocycles. The van der Waals surface area contributed by atoms with Gasteiger partial charge in [0.05, 0.1) is 10.7 Å². The Morgan fingerprint density at radius 2 is 2.50 bits per heavy atom. The maximum absolute atomic E-state index is 4.66. The molecule has 0 bridgehead atoms. The van der Waals surface area contributed by atoms with Crippen LogP contribution in [-0.4, -0.2) is 18.1 Å². The van der Waals surface area contributed by atoms with Crippen molar-refractivity contribution in [3.8, 4) is 0 Å². The van der Waals surface area contributed by atoms with Crippen molar-refractivity contribution >= 4 is 11.3 Å². The summed E-state index contributed by atoms with van der Waals surface area (Å²) in [5.74, 6) is 1.39. The van der Waals surface area contributed by atoms with Crippen LogP contribution in [0, 0.1) is 5.92 Å². The second-order valence-corrected chi connectivity index (χ2v) is 5.33. The molecule has 2 rings (SSSR count). The van der Waals surface area contributed by atoms with Crippen molar-refractivity contribution in [2.24, 2.45) is 5.92 Å². The molecule has 1 aromatic rings. The number of hydrogen-bond acceptors (Lipinski definition) is 3. The summed E-state index contributed by atoms with van der Waals surface area (Å²) in [6, 6.07) is 0. The molecule has 0 aromatic carbocycles. The normalized spacial score (nSPS) is 22.1. The molecule has 0 radical (unpaired) electrons. The number of nitrogens with zero attached hydrogens (tertiary/aromatic N) is 1. The standard InChI is InChI=1S/C11H18N2S/c1-8(2)10-7-14-11(13-10)5-9-3-4-12-6-9/h7-9,12H,3-6H2,1-2H3. The van der Waals surface area contributed by atoms with E-state index in [1.54, 1.807) is 0 Å². The van der Waals surface area contributed by atoms with Crippen LogP contribution in [0.25, 0.3) is 0 Å². The summed E-state index contributed by atoms with van der Waals surface area (Å²) >= 11 is 1.83. The third-order valence-electron chi connectivity index (χ3n) is 2.79. The fourth-order valence-corrected chi connectivity index (χ4v) is 2.89. The largest absolute Gasteiger partial charge is 0.316 e. The lowest BCUT2D eigenvalue weighted by Gasteiger charge is -2.04. The molecule has 1 aromatic heterocycles. The average molecular weight is 210 g/mol. The maximum Gasteiger partial charge on any atom is 0.0931 e. The van der Waals surface area contributed by atoms with Crippen LogP contribution in [0.1, 0.15) is 36.9 Å². The Hall–Kier alpha value is -0.410. The molecule has 78 valence electrons. The predicted molar refractivity (Wildman–Crippen MR) is 60.9 cm³/mol. The predicted octanol–water partition coefficient (Wildman–Crippen LogP) is 2.42. The van der Waals surface area contributed by atoms with Crippen LogP contribution in [0.2, 0.25) is 0 Å². The highest BCUT2D eigenvalue weighted by Crippen LogP contribution is 2.21. The lowest BCUT2D eigenvalue weighted by Crippen LogP contribution is -2.10. The van der Waals surface area contributed by atoms with Crippen LogP contribution >= 0.6 is 11.3 Å². The van der Waals surface area contributed by atoms with Crippen LogP contribution in [-0.2, 0) is 6.42 Å². The van der Waals surface area contributed by atoms with E-state index in [4.69, 9.17) is 0 Å². The molecule has 1 aliphatic heterocycles. The molecule has 0 saturated carbocycles. The van der Waals surface area contributed by atoms with Crippen molar-refractivity contribution in [3.05, 3.63) is 16.1 Å². The molecule has 3 heteroatoms. The van der Waals surface area contributed by atoms with Crippen molar-refractivity contribution in [2.45, 2.75) is 32.6 Å². The minimum atomic E-state index is 0.571. The first-order chi connectivity index (χ1) is 6.75. The van der Waals surface area contributed by atoms with E-state index in [1.807, 2.05) is 11.3 Å². The van der Waals surface area contributed by atoms with E-state index in [2.05, 4.69) is 29.5 Å². The van der Waals surface area contributed by atoms with Gasteiger partial charge in [-0.15, -0.1) is 11.3 Å². The summed E-state index contributed by atoms with van der Waals surface area (Å²) in [4.78, 5) is 4.66. The molecule has 1 atom stereocenters. The summed E-state index contributed by atoms with van der Waals surface area (Å²) < 4.78 is 0. The van der Waals surface area contributed by atoms with Gasteiger partial charge in [-0.2, -0.15) is 0 Å². The summed E-state index contributed by atoms with van der Waals surface area (Å²) in [6.07, 6.45) is 2.49. The highest BCUT2D eigenvalue weighted by molar-refractivity contribution is 7.09. The van der Waals surface area contributed by atoms with Gasteiger partial charge in [0.1, 0.15) is 0 Å². The molecule has 1 aliphatic rings. The number of rotatable bonds is 3. The molecule has 14 heavy (non-hydrogen) atoms. The van der Waals surface area contributed by atoms with Gasteiger partial charge in [-0.25, -0.2) is 4.98 Å². The molecule has 1 N–H and O–H groups in total. The Balaban J connectivity index is 1.95. The van der Waals surface area contributed by atoms with Crippen molar-refractivity contribution in [1.29, 1.82) is 0 Å². The fraction of sp³-hybridized carbons (Fsp3) is 0.727. The first kappa shape index (κ1) is 10.1. The number of thiazole rings is 1. The number of hydrogen-bond donors (Lipinski definition) is 1. The van der Waals surface area contributed by atoms with Gasteiger partial charge < -0.3 is 5.32 Å². The second-order valence-electron chi connectivity index (χ2n) is 4.38. The van der Waals surface area contributed by atoms with Gasteiger partial charge in [0, 0.05) is 11.8 Å². The maximum atomic E-state index is 4.66. The van der Waals surface area contributed by atoms with E-state index < -0.39 is 0 Å². The number of nitrogens with one attached hydrogen (secondary N) is 1. The van der Waals surface area contributed by atoms with E-state index in [9.17, 15) is 0 Å². The highest BCUT2D eigenvalue weighted by atomic mass is 32.1. The van der Waals surface area contributed by atoms with Crippen molar-refractivity contribution in [1.82, 2.24) is 10.3 Å². The van der Waals surface area contributed by atoms with E-state index in [0.717, 1.165) is 5.92 Å². The smallest absolute Gasteiger partial charge is 0.0931 e. The molecule has 0 aliphatic carbocycles. The lowest BCUT2D eigenvalue weighted by molar-refractivity contribution is 0.577. The Morgan fingerprint density at radius 1 is 1.64 bits per heavy atom. The van der Waals surface area contributed by atoms with Crippen molar-refractivity contribution < 1.29 is 0 Å². The Labute approximate surface area is 89.8 Å². The Morgan fingerprint density at radius 3 is 3.07 bits per heavy atom. The zero-order valence-corrected chi connectivity index (χ0v) is 9.73. The first-order valence-electron chi connectivity index (χ1n) is 5.40. The second kappa shape index (κ2) is 4.41. The van der Waals surface area contributed by atoms with Gasteiger partial charge in [-0.1, -0.05) is 13.8 Å². The summed E-state index contributed by atoms with van der Waals surface area (Å²) in [5.41, 5.74) is 1.26. The molecular formula is C11H18N2S. The first-order valence-corrected chi connectivity index (χ1v) is 6.28. The third-order valence-corrected chi connectivity index (χ3v) is 3.68. The summed E-state index contributed by atoms with van der Waals surface area (Å²) in [7, 11) is 0. The Kier molecular flexibility index (Phi) is 3.19. The van der Waals surface area contributed by atoms with E-state index in [1.165, 1.54) is 36.6 Å². The molecular weight excluding hydrogens is 192 g/mol. The fourth-order valence-electron chi connectivity index (χ4n) is 1.82. The minimum absolute atomic E-state index is 0.571. The summed E-state index contributed by atoms with van der Waals surface area (Å²) in [5, 5.41) is 6.93. The van der Waals surface area contributed by atoms with E-state index >= 15 is 0 Å². The molecule has 1 fully saturated rings. The van der Waals surface area contributed by atoms with Gasteiger partial charge in [-0.05, 0) is 31.3 Å². The Bertz CT molecular complexity index is 287. The molecule has 2 nitrogen and oxygen atoms in total. The van der Waals surface area contributed by atoms with Crippen LogP contribution in [0.3, 0.4) is 0 Å². The van der Waals surface area contributed by atoms with Gasteiger partial charge in [0.15, 0.2) is 0 Å². The van der Waals surface area contributed by atoms with Crippen molar-refractivity contribution in [3.63, 3.8) is 0 Å². The quantitative estimate of drug-likeness (QED) is 0.828.